The zero-order valence-corrected chi connectivity index (χ0v) is 12.9. The van der Waals surface area contributed by atoms with Crippen molar-refractivity contribution in [3.8, 4) is 0 Å². The van der Waals surface area contributed by atoms with Gasteiger partial charge in [-0.25, -0.2) is 0 Å². The number of furan rings is 3. The molecule has 0 unspecified atom stereocenters. The van der Waals surface area contributed by atoms with Crippen molar-refractivity contribution < 1.29 is 13.3 Å². The summed E-state index contributed by atoms with van der Waals surface area (Å²) < 4.78 is 17.4. The fourth-order valence-electron chi connectivity index (χ4n) is 2.95. The summed E-state index contributed by atoms with van der Waals surface area (Å²) in [6.45, 7) is 6.65. The molecule has 0 spiro atoms. The lowest BCUT2D eigenvalue weighted by Gasteiger charge is -2.37. The molecule has 0 radical (unpaired) electrons. The largest absolute Gasteiger partial charge is 0.473 e. The van der Waals surface area contributed by atoms with Gasteiger partial charge in [0.15, 0.2) is 0 Å². The van der Waals surface area contributed by atoms with Gasteiger partial charge in [0.05, 0.1) is 18.8 Å². The Morgan fingerprint density at radius 2 is 1.05 bits per heavy atom. The third kappa shape index (κ3) is 1.72. The molecule has 3 heterocycles. The van der Waals surface area contributed by atoms with Crippen LogP contribution in [-0.2, 0) is 0 Å². The van der Waals surface area contributed by atoms with Crippen molar-refractivity contribution in [1.29, 1.82) is 0 Å². The SMILES string of the molecule is CC(C)(C)[Si](c1ccco1)(c1ccco1)c1ccco1. The van der Waals surface area contributed by atoms with Gasteiger partial charge < -0.3 is 13.3 Å². The fraction of sp³-hybridized carbons (Fsp3) is 0.250. The number of hydrogen-bond donors (Lipinski definition) is 0. The molecule has 104 valence electrons. The highest BCUT2D eigenvalue weighted by Crippen LogP contribution is 2.35. The van der Waals surface area contributed by atoms with E-state index in [9.17, 15) is 0 Å². The van der Waals surface area contributed by atoms with E-state index in [-0.39, 0.29) is 5.04 Å². The molecule has 20 heavy (non-hydrogen) atoms. The predicted molar refractivity (Wildman–Crippen MR) is 80.5 cm³/mol. The molecular weight excluding hydrogens is 268 g/mol. The van der Waals surface area contributed by atoms with E-state index in [1.165, 1.54) is 0 Å². The summed E-state index contributed by atoms with van der Waals surface area (Å²) in [5.41, 5.74) is 0. The topological polar surface area (TPSA) is 39.4 Å². The van der Waals surface area contributed by atoms with Crippen molar-refractivity contribution in [2.24, 2.45) is 0 Å². The molecule has 3 aromatic rings. The van der Waals surface area contributed by atoms with Crippen LogP contribution in [0.3, 0.4) is 0 Å². The minimum atomic E-state index is -2.47. The average Bonchev–Trinajstić information content (AvgIpc) is 3.13. The summed E-state index contributed by atoms with van der Waals surface area (Å²) in [5.74, 6) is 0. The summed E-state index contributed by atoms with van der Waals surface area (Å²) in [6.07, 6.45) is 5.15. The third-order valence-electron chi connectivity index (χ3n) is 3.80. The van der Waals surface area contributed by atoms with Crippen LogP contribution in [0.1, 0.15) is 20.8 Å². The Bertz CT molecular complexity index is 559. The van der Waals surface area contributed by atoms with Crippen molar-refractivity contribution in [3.05, 3.63) is 55.2 Å². The van der Waals surface area contributed by atoms with Gasteiger partial charge in [0.25, 0.3) is 8.07 Å². The average molecular weight is 286 g/mol. The second-order valence-corrected chi connectivity index (χ2v) is 10.4. The molecule has 0 aliphatic carbocycles. The van der Waals surface area contributed by atoms with Crippen LogP contribution >= 0.6 is 0 Å². The molecule has 3 aromatic heterocycles. The molecule has 0 bridgehead atoms. The highest BCUT2D eigenvalue weighted by molar-refractivity contribution is 7.11. The first-order valence-corrected chi connectivity index (χ1v) is 8.69. The van der Waals surface area contributed by atoms with Crippen LogP contribution in [0.2, 0.25) is 5.04 Å². The van der Waals surface area contributed by atoms with E-state index < -0.39 is 8.07 Å². The molecule has 3 rings (SSSR count). The Hall–Kier alpha value is -1.94. The van der Waals surface area contributed by atoms with E-state index in [1.54, 1.807) is 18.8 Å². The first-order chi connectivity index (χ1) is 9.57. The molecule has 3 nitrogen and oxygen atoms in total. The van der Waals surface area contributed by atoms with E-state index in [1.807, 2.05) is 36.4 Å². The molecule has 0 aliphatic rings. The molecular formula is C16H18O3Si. The quantitative estimate of drug-likeness (QED) is 0.695. The second-order valence-electron chi connectivity index (χ2n) is 5.93. The van der Waals surface area contributed by atoms with Crippen LogP contribution in [0.25, 0.3) is 0 Å². The zero-order chi connectivity index (χ0) is 14.2. The van der Waals surface area contributed by atoms with E-state index >= 15 is 0 Å². The van der Waals surface area contributed by atoms with Gasteiger partial charge in [0.1, 0.15) is 16.2 Å². The van der Waals surface area contributed by atoms with Gasteiger partial charge in [0, 0.05) is 0 Å². The van der Waals surface area contributed by atoms with E-state index in [0.717, 1.165) is 16.2 Å². The maximum Gasteiger partial charge on any atom is 0.282 e. The van der Waals surface area contributed by atoms with Gasteiger partial charge in [-0.2, -0.15) is 0 Å². The molecule has 0 N–H and O–H groups in total. The van der Waals surface area contributed by atoms with Gasteiger partial charge >= 0.3 is 0 Å². The van der Waals surface area contributed by atoms with Gasteiger partial charge in [-0.05, 0) is 41.4 Å². The molecule has 0 atom stereocenters. The van der Waals surface area contributed by atoms with Crippen molar-refractivity contribution in [3.63, 3.8) is 0 Å². The van der Waals surface area contributed by atoms with Crippen LogP contribution in [0.15, 0.2) is 68.4 Å². The number of rotatable bonds is 3. The first kappa shape index (κ1) is 13.1. The summed E-state index contributed by atoms with van der Waals surface area (Å²) in [5, 5.41) is 2.81. The Kier molecular flexibility index (Phi) is 2.98. The normalized spacial score (nSPS) is 12.8. The molecule has 0 amide bonds. The molecule has 0 saturated heterocycles. The lowest BCUT2D eigenvalue weighted by Crippen LogP contribution is -2.71. The van der Waals surface area contributed by atoms with Crippen LogP contribution in [-0.4, -0.2) is 8.07 Å². The van der Waals surface area contributed by atoms with Gasteiger partial charge in [-0.3, -0.25) is 0 Å². The highest BCUT2D eigenvalue weighted by Gasteiger charge is 2.57. The van der Waals surface area contributed by atoms with Crippen molar-refractivity contribution in [2.75, 3.05) is 0 Å². The second kappa shape index (κ2) is 4.56. The van der Waals surface area contributed by atoms with Gasteiger partial charge in [-0.15, -0.1) is 0 Å². The van der Waals surface area contributed by atoms with Crippen LogP contribution in [0.4, 0.5) is 0 Å². The third-order valence-corrected chi connectivity index (χ3v) is 9.12. The summed E-state index contributed by atoms with van der Waals surface area (Å²) >= 11 is 0. The van der Waals surface area contributed by atoms with E-state index in [4.69, 9.17) is 13.3 Å². The number of hydrogen-bond acceptors (Lipinski definition) is 3. The maximum absolute atomic E-state index is 5.81. The Balaban J connectivity index is 2.37. The summed E-state index contributed by atoms with van der Waals surface area (Å²) in [7, 11) is -2.47. The van der Waals surface area contributed by atoms with Crippen LogP contribution < -0.4 is 16.2 Å². The summed E-state index contributed by atoms with van der Waals surface area (Å²) in [4.78, 5) is 0. The van der Waals surface area contributed by atoms with E-state index in [2.05, 4.69) is 20.8 Å². The predicted octanol–water partition coefficient (Wildman–Crippen LogP) is 2.74. The maximum atomic E-state index is 5.81. The van der Waals surface area contributed by atoms with Crippen molar-refractivity contribution in [2.45, 2.75) is 25.8 Å². The van der Waals surface area contributed by atoms with Gasteiger partial charge in [-0.1, -0.05) is 20.8 Å². The van der Waals surface area contributed by atoms with Crippen LogP contribution in [0, 0.1) is 0 Å². The monoisotopic (exact) mass is 286 g/mol. The lowest BCUT2D eigenvalue weighted by molar-refractivity contribution is 0.555. The Labute approximate surface area is 119 Å². The summed E-state index contributed by atoms with van der Waals surface area (Å²) in [6, 6.07) is 11.9. The molecule has 0 fully saturated rings. The van der Waals surface area contributed by atoms with Crippen molar-refractivity contribution >= 4 is 24.2 Å². The van der Waals surface area contributed by atoms with Crippen molar-refractivity contribution in [1.82, 2.24) is 0 Å². The van der Waals surface area contributed by atoms with E-state index in [0.29, 0.717) is 0 Å². The lowest BCUT2D eigenvalue weighted by atomic mass is 10.2. The van der Waals surface area contributed by atoms with Gasteiger partial charge in [0.2, 0.25) is 0 Å². The zero-order valence-electron chi connectivity index (χ0n) is 11.9. The fourth-order valence-corrected chi connectivity index (χ4v) is 7.67. The molecule has 4 heteroatoms. The standard InChI is InChI=1S/C16H18O3Si/c1-16(2,3)20(13-7-4-10-17-13,14-8-5-11-18-14)15-9-6-12-19-15/h4-12H,1-3H3. The Morgan fingerprint density at radius 1 is 0.700 bits per heavy atom. The van der Waals surface area contributed by atoms with Crippen LogP contribution in [0.5, 0.6) is 0 Å². The highest BCUT2D eigenvalue weighted by atomic mass is 28.3. The Morgan fingerprint density at radius 3 is 1.25 bits per heavy atom. The minimum Gasteiger partial charge on any atom is -0.473 e. The first-order valence-electron chi connectivity index (χ1n) is 6.69. The molecule has 0 aliphatic heterocycles. The minimum absolute atomic E-state index is 0.0550. The molecule has 0 aromatic carbocycles. The molecule has 0 saturated carbocycles. The smallest absolute Gasteiger partial charge is 0.282 e.